The van der Waals surface area contributed by atoms with Gasteiger partial charge in [-0.25, -0.2) is 4.79 Å². The molecule has 0 bridgehead atoms. The number of hydrogen-bond donors (Lipinski definition) is 0. The van der Waals surface area contributed by atoms with Crippen LogP contribution < -0.4 is 0 Å². The fraction of sp³-hybridized carbons (Fsp3) is 0.429. The fourth-order valence-corrected chi connectivity index (χ4v) is 5.62. The first kappa shape index (κ1) is 24.5. The number of pyridine rings is 2. The van der Waals surface area contributed by atoms with Crippen LogP contribution in [-0.4, -0.2) is 64.1 Å². The van der Waals surface area contributed by atoms with Crippen molar-refractivity contribution in [2.24, 2.45) is 0 Å². The molecule has 1 saturated heterocycles. The summed E-state index contributed by atoms with van der Waals surface area (Å²) in [6.45, 7) is 5.69. The van der Waals surface area contributed by atoms with Crippen LogP contribution in [0, 0.1) is 0 Å². The van der Waals surface area contributed by atoms with Crippen molar-refractivity contribution in [3.05, 3.63) is 70.1 Å². The maximum Gasteiger partial charge on any atom is 0.410 e. The number of rotatable bonds is 4. The van der Waals surface area contributed by atoms with E-state index in [2.05, 4.69) is 11.1 Å². The van der Waals surface area contributed by atoms with E-state index in [1.54, 1.807) is 9.80 Å². The number of hydrogen-bond acceptors (Lipinski definition) is 5. The van der Waals surface area contributed by atoms with E-state index in [9.17, 15) is 9.59 Å². The van der Waals surface area contributed by atoms with Crippen molar-refractivity contribution < 1.29 is 14.3 Å². The molecule has 0 radical (unpaired) electrons. The smallest absolute Gasteiger partial charge is 0.410 e. The Bertz CT molecular complexity index is 1280. The van der Waals surface area contributed by atoms with E-state index >= 15 is 0 Å². The SMILES string of the molecule is CCCOC(=O)N1CCN(C(=O)c2ccc3c(Cl)c4c(nc3c2)CC(c2ccccn2)CC4)C[C@H]1C. The molecule has 1 fully saturated rings. The highest BCUT2D eigenvalue weighted by Crippen LogP contribution is 2.37. The summed E-state index contributed by atoms with van der Waals surface area (Å²) in [6.07, 6.45) is 4.94. The summed E-state index contributed by atoms with van der Waals surface area (Å²) in [7, 11) is 0. The minimum atomic E-state index is -0.310. The van der Waals surface area contributed by atoms with E-state index < -0.39 is 0 Å². The number of benzene rings is 1. The maximum absolute atomic E-state index is 13.4. The molecule has 2 amide bonds. The Morgan fingerprint density at radius 1 is 1.19 bits per heavy atom. The minimum Gasteiger partial charge on any atom is -0.449 e. The standard InChI is InChI=1S/C28H31ClN4O3/c1-3-14-36-28(35)33-13-12-32(17-18(33)2)27(34)20-8-10-22-25(16-20)31-24-15-19(7-9-21(24)26(22)29)23-6-4-5-11-30-23/h4-6,8,10-11,16,18-19H,3,7,9,12-15,17H2,1-2H3/t18-,19?/m1/s1. The Kier molecular flexibility index (Phi) is 7.10. The molecule has 1 aliphatic carbocycles. The van der Waals surface area contributed by atoms with E-state index in [-0.39, 0.29) is 18.0 Å². The summed E-state index contributed by atoms with van der Waals surface area (Å²) in [5.74, 6) is 0.249. The first-order chi connectivity index (χ1) is 17.5. The summed E-state index contributed by atoms with van der Waals surface area (Å²) >= 11 is 6.83. The van der Waals surface area contributed by atoms with Gasteiger partial charge in [0.2, 0.25) is 0 Å². The van der Waals surface area contributed by atoms with Crippen molar-refractivity contribution in [2.45, 2.75) is 51.5 Å². The van der Waals surface area contributed by atoms with Gasteiger partial charge in [0, 0.05) is 60.1 Å². The molecule has 0 saturated carbocycles. The molecule has 7 nitrogen and oxygen atoms in total. The first-order valence-corrected chi connectivity index (χ1v) is 13.1. The van der Waals surface area contributed by atoms with Crippen LogP contribution in [0.1, 0.15) is 59.9 Å². The maximum atomic E-state index is 13.4. The average molecular weight is 507 g/mol. The molecule has 1 unspecified atom stereocenters. The Morgan fingerprint density at radius 2 is 2.06 bits per heavy atom. The van der Waals surface area contributed by atoms with Gasteiger partial charge in [0.1, 0.15) is 0 Å². The largest absolute Gasteiger partial charge is 0.449 e. The topological polar surface area (TPSA) is 75.6 Å². The van der Waals surface area contributed by atoms with Crippen LogP contribution in [0.4, 0.5) is 4.79 Å². The van der Waals surface area contributed by atoms with Crippen LogP contribution in [0.15, 0.2) is 42.6 Å². The number of aromatic nitrogens is 2. The molecule has 0 spiro atoms. The van der Waals surface area contributed by atoms with Crippen molar-refractivity contribution in [3.63, 3.8) is 0 Å². The highest BCUT2D eigenvalue weighted by atomic mass is 35.5. The van der Waals surface area contributed by atoms with Gasteiger partial charge in [-0.3, -0.25) is 14.8 Å². The van der Waals surface area contributed by atoms with Crippen molar-refractivity contribution in [3.8, 4) is 0 Å². The lowest BCUT2D eigenvalue weighted by atomic mass is 9.84. The van der Waals surface area contributed by atoms with Crippen LogP contribution in [-0.2, 0) is 17.6 Å². The van der Waals surface area contributed by atoms with Gasteiger partial charge >= 0.3 is 6.09 Å². The molecular formula is C28H31ClN4O3. The monoisotopic (exact) mass is 506 g/mol. The number of amides is 2. The van der Waals surface area contributed by atoms with Gasteiger partial charge in [0.15, 0.2) is 0 Å². The number of fused-ring (bicyclic) bond motifs is 2. The third-order valence-corrected chi connectivity index (χ3v) is 7.65. The van der Waals surface area contributed by atoms with Gasteiger partial charge in [-0.05, 0) is 62.4 Å². The number of piperazine rings is 1. The van der Waals surface area contributed by atoms with Gasteiger partial charge in [-0.1, -0.05) is 30.7 Å². The first-order valence-electron chi connectivity index (χ1n) is 12.7. The Balaban J connectivity index is 1.35. The number of carbonyl (C=O) groups is 2. The normalized spacial score (nSPS) is 19.8. The van der Waals surface area contributed by atoms with Gasteiger partial charge in [-0.15, -0.1) is 0 Å². The highest BCUT2D eigenvalue weighted by Gasteiger charge is 2.31. The third kappa shape index (κ3) is 4.76. The van der Waals surface area contributed by atoms with Gasteiger partial charge < -0.3 is 14.5 Å². The number of ether oxygens (including phenoxy) is 1. The lowest BCUT2D eigenvalue weighted by molar-refractivity contribution is 0.0412. The zero-order chi connectivity index (χ0) is 25.2. The Hall–Kier alpha value is -3.19. The summed E-state index contributed by atoms with van der Waals surface area (Å²) in [5.41, 5.74) is 4.50. The average Bonchev–Trinajstić information content (AvgIpc) is 2.91. The van der Waals surface area contributed by atoms with Crippen LogP contribution in [0.2, 0.25) is 5.02 Å². The van der Waals surface area contributed by atoms with E-state index in [0.29, 0.717) is 37.7 Å². The highest BCUT2D eigenvalue weighted by molar-refractivity contribution is 6.36. The van der Waals surface area contributed by atoms with E-state index in [1.807, 2.05) is 50.4 Å². The van der Waals surface area contributed by atoms with E-state index in [1.165, 1.54) is 0 Å². The molecule has 0 N–H and O–H groups in total. The fourth-order valence-electron chi connectivity index (χ4n) is 5.26. The van der Waals surface area contributed by atoms with Crippen LogP contribution in [0.5, 0.6) is 0 Å². The second-order valence-corrected chi connectivity index (χ2v) is 10.1. The predicted octanol–water partition coefficient (Wildman–Crippen LogP) is 5.25. The quantitative estimate of drug-likeness (QED) is 0.483. The molecule has 2 aromatic heterocycles. The van der Waals surface area contributed by atoms with Gasteiger partial charge in [0.05, 0.1) is 17.1 Å². The molecule has 2 atom stereocenters. The van der Waals surface area contributed by atoms with Crippen LogP contribution >= 0.6 is 11.6 Å². The molecule has 1 aromatic carbocycles. The van der Waals surface area contributed by atoms with Crippen LogP contribution in [0.25, 0.3) is 10.9 Å². The molecule has 5 rings (SSSR count). The molecule has 36 heavy (non-hydrogen) atoms. The van der Waals surface area contributed by atoms with Crippen molar-refractivity contribution >= 4 is 34.5 Å². The number of carbonyl (C=O) groups excluding carboxylic acids is 2. The molecular weight excluding hydrogens is 476 g/mol. The lowest BCUT2D eigenvalue weighted by Crippen LogP contribution is -2.55. The minimum absolute atomic E-state index is 0.0627. The summed E-state index contributed by atoms with van der Waals surface area (Å²) in [4.78, 5) is 38.7. The molecule has 2 aliphatic rings. The van der Waals surface area contributed by atoms with Crippen molar-refractivity contribution in [1.82, 2.24) is 19.8 Å². The Morgan fingerprint density at radius 3 is 2.81 bits per heavy atom. The summed E-state index contributed by atoms with van der Waals surface area (Å²) < 4.78 is 5.28. The zero-order valence-corrected chi connectivity index (χ0v) is 21.5. The Labute approximate surface area is 216 Å². The van der Waals surface area contributed by atoms with Crippen molar-refractivity contribution in [2.75, 3.05) is 26.2 Å². The molecule has 3 aromatic rings. The molecule has 8 heteroatoms. The third-order valence-electron chi connectivity index (χ3n) is 7.22. The summed E-state index contributed by atoms with van der Waals surface area (Å²) in [5, 5.41) is 1.61. The predicted molar refractivity (Wildman–Crippen MR) is 139 cm³/mol. The van der Waals surface area contributed by atoms with Crippen LogP contribution in [0.3, 0.4) is 0 Å². The number of nitrogens with zero attached hydrogens (tertiary/aromatic N) is 4. The van der Waals surface area contributed by atoms with Gasteiger partial charge in [0.25, 0.3) is 5.91 Å². The molecule has 3 heterocycles. The second kappa shape index (κ2) is 10.4. The number of halogens is 1. The van der Waals surface area contributed by atoms with Gasteiger partial charge in [-0.2, -0.15) is 0 Å². The molecule has 188 valence electrons. The van der Waals surface area contributed by atoms with E-state index in [4.69, 9.17) is 21.3 Å². The molecule has 1 aliphatic heterocycles. The summed E-state index contributed by atoms with van der Waals surface area (Å²) in [6, 6.07) is 11.5. The van der Waals surface area contributed by atoms with E-state index in [0.717, 1.165) is 58.6 Å². The van der Waals surface area contributed by atoms with Crippen molar-refractivity contribution in [1.29, 1.82) is 0 Å². The second-order valence-electron chi connectivity index (χ2n) is 9.69. The lowest BCUT2D eigenvalue weighted by Gasteiger charge is -2.39. The zero-order valence-electron chi connectivity index (χ0n) is 20.7.